The maximum Gasteiger partial charge on any atom is 0.191 e. The maximum atomic E-state index is 4.24. The second kappa shape index (κ2) is 10.7. The van der Waals surface area contributed by atoms with E-state index in [9.17, 15) is 0 Å². The number of nitrogens with one attached hydrogen (secondary N) is 2. The van der Waals surface area contributed by atoms with Gasteiger partial charge in [0.2, 0.25) is 0 Å². The summed E-state index contributed by atoms with van der Waals surface area (Å²) in [5, 5.41) is 10.9. The quantitative estimate of drug-likeness (QED) is 0.418. The number of unbranched alkanes of at least 4 members (excludes halogenated alkanes) is 1. The van der Waals surface area contributed by atoms with Crippen molar-refractivity contribution in [3.05, 3.63) is 22.4 Å². The first-order chi connectivity index (χ1) is 9.80. The molecule has 0 aliphatic heterocycles. The van der Waals surface area contributed by atoms with Crippen molar-refractivity contribution in [2.75, 3.05) is 33.2 Å². The third-order valence-corrected chi connectivity index (χ3v) is 4.08. The lowest BCUT2D eigenvalue weighted by atomic mass is 10.3. The van der Waals surface area contributed by atoms with E-state index in [1.807, 2.05) is 7.05 Å². The number of nitrogens with zero attached hydrogens (tertiary/aromatic N) is 2. The number of hydrogen-bond donors (Lipinski definition) is 2. The lowest BCUT2D eigenvalue weighted by molar-refractivity contribution is 0.297. The molecule has 0 aliphatic rings. The molecule has 1 aromatic heterocycles. The van der Waals surface area contributed by atoms with Crippen molar-refractivity contribution in [2.24, 2.45) is 4.99 Å². The van der Waals surface area contributed by atoms with E-state index in [0.29, 0.717) is 0 Å². The number of hydrogen-bond acceptors (Lipinski definition) is 3. The van der Waals surface area contributed by atoms with Gasteiger partial charge in [-0.25, -0.2) is 0 Å². The number of rotatable bonds is 9. The van der Waals surface area contributed by atoms with Crippen molar-refractivity contribution in [1.82, 2.24) is 15.5 Å². The van der Waals surface area contributed by atoms with Crippen LogP contribution in [0.5, 0.6) is 0 Å². The van der Waals surface area contributed by atoms with Gasteiger partial charge in [0, 0.05) is 20.1 Å². The lowest BCUT2D eigenvalue weighted by Gasteiger charge is -2.18. The van der Waals surface area contributed by atoms with Crippen molar-refractivity contribution in [1.29, 1.82) is 0 Å². The minimum absolute atomic E-state index is 0.836. The van der Waals surface area contributed by atoms with Gasteiger partial charge in [0.15, 0.2) is 5.96 Å². The molecule has 5 heteroatoms. The van der Waals surface area contributed by atoms with Crippen molar-refractivity contribution in [3.8, 4) is 0 Å². The predicted molar refractivity (Wildman–Crippen MR) is 89.5 cm³/mol. The third-order valence-electron chi connectivity index (χ3n) is 3.35. The van der Waals surface area contributed by atoms with Gasteiger partial charge in [0.1, 0.15) is 0 Å². The van der Waals surface area contributed by atoms with E-state index < -0.39 is 0 Å². The van der Waals surface area contributed by atoms with Gasteiger partial charge < -0.3 is 15.5 Å². The zero-order chi connectivity index (χ0) is 14.6. The van der Waals surface area contributed by atoms with Crippen LogP contribution in [0.3, 0.4) is 0 Å². The molecule has 114 valence electrons. The predicted octanol–water partition coefficient (Wildman–Crippen LogP) is 2.54. The van der Waals surface area contributed by atoms with E-state index in [4.69, 9.17) is 0 Å². The van der Waals surface area contributed by atoms with Gasteiger partial charge in [-0.1, -0.05) is 13.8 Å². The summed E-state index contributed by atoms with van der Waals surface area (Å²) in [6, 6.07) is 2.13. The first-order valence-electron chi connectivity index (χ1n) is 7.48. The molecule has 0 atom stereocenters. The SMILES string of the molecule is CCN(CC)CCCCNC(=NC)NCc1ccsc1. The molecule has 1 aromatic rings. The molecular formula is C15H28N4S. The van der Waals surface area contributed by atoms with Crippen LogP contribution in [0.2, 0.25) is 0 Å². The average molecular weight is 296 g/mol. The Balaban J connectivity index is 2.09. The first-order valence-corrected chi connectivity index (χ1v) is 8.42. The van der Waals surface area contributed by atoms with E-state index in [2.05, 4.69) is 51.2 Å². The van der Waals surface area contributed by atoms with Crippen LogP contribution in [0, 0.1) is 0 Å². The van der Waals surface area contributed by atoms with Crippen LogP contribution in [-0.4, -0.2) is 44.1 Å². The van der Waals surface area contributed by atoms with Gasteiger partial charge in [-0.15, -0.1) is 0 Å². The topological polar surface area (TPSA) is 39.7 Å². The van der Waals surface area contributed by atoms with E-state index in [1.54, 1.807) is 11.3 Å². The van der Waals surface area contributed by atoms with Crippen LogP contribution >= 0.6 is 11.3 Å². The summed E-state index contributed by atoms with van der Waals surface area (Å²) in [7, 11) is 1.82. The average Bonchev–Trinajstić information content (AvgIpc) is 2.99. The maximum absolute atomic E-state index is 4.24. The van der Waals surface area contributed by atoms with E-state index in [-0.39, 0.29) is 0 Å². The minimum atomic E-state index is 0.836. The normalized spacial score (nSPS) is 11.9. The van der Waals surface area contributed by atoms with Crippen LogP contribution in [0.1, 0.15) is 32.3 Å². The molecule has 0 spiro atoms. The molecule has 0 aliphatic carbocycles. The van der Waals surface area contributed by atoms with Crippen molar-refractivity contribution < 1.29 is 0 Å². The molecule has 1 heterocycles. The third kappa shape index (κ3) is 6.91. The van der Waals surface area contributed by atoms with Gasteiger partial charge in [0.05, 0.1) is 0 Å². The van der Waals surface area contributed by atoms with E-state index >= 15 is 0 Å². The molecule has 20 heavy (non-hydrogen) atoms. The largest absolute Gasteiger partial charge is 0.356 e. The van der Waals surface area contributed by atoms with E-state index in [1.165, 1.54) is 24.9 Å². The standard InChI is InChI=1S/C15H28N4S/c1-4-19(5-2)10-7-6-9-17-15(16-3)18-12-14-8-11-20-13-14/h8,11,13H,4-7,9-10,12H2,1-3H3,(H2,16,17,18). The molecule has 0 unspecified atom stereocenters. The monoisotopic (exact) mass is 296 g/mol. The Labute approximate surface area is 127 Å². The van der Waals surface area contributed by atoms with Crippen molar-refractivity contribution in [2.45, 2.75) is 33.2 Å². The Hall–Kier alpha value is -1.07. The summed E-state index contributed by atoms with van der Waals surface area (Å²) in [6.45, 7) is 9.74. The summed E-state index contributed by atoms with van der Waals surface area (Å²) in [5.41, 5.74) is 1.31. The van der Waals surface area contributed by atoms with Crippen LogP contribution in [0.15, 0.2) is 21.8 Å². The summed E-state index contributed by atoms with van der Waals surface area (Å²) in [4.78, 5) is 6.70. The van der Waals surface area contributed by atoms with Gasteiger partial charge in [0.25, 0.3) is 0 Å². The highest BCUT2D eigenvalue weighted by atomic mass is 32.1. The van der Waals surface area contributed by atoms with Crippen LogP contribution < -0.4 is 10.6 Å². The summed E-state index contributed by atoms with van der Waals surface area (Å²) in [5.74, 6) is 0.888. The van der Waals surface area contributed by atoms with Crippen LogP contribution in [-0.2, 0) is 6.54 Å². The number of aliphatic imine (C=N–C) groups is 1. The van der Waals surface area contributed by atoms with Gasteiger partial charge in [-0.3, -0.25) is 4.99 Å². The molecule has 0 radical (unpaired) electrons. The van der Waals surface area contributed by atoms with Gasteiger partial charge in [-0.05, 0) is 54.9 Å². The molecule has 0 fully saturated rings. The second-order valence-corrected chi connectivity index (χ2v) is 5.50. The fourth-order valence-electron chi connectivity index (χ4n) is 2.01. The molecule has 2 N–H and O–H groups in total. The summed E-state index contributed by atoms with van der Waals surface area (Å²) < 4.78 is 0. The fraction of sp³-hybridized carbons (Fsp3) is 0.667. The molecule has 0 saturated heterocycles. The Morgan fingerprint density at radius 2 is 2.05 bits per heavy atom. The van der Waals surface area contributed by atoms with Gasteiger partial charge >= 0.3 is 0 Å². The molecular weight excluding hydrogens is 268 g/mol. The van der Waals surface area contributed by atoms with Crippen molar-refractivity contribution >= 4 is 17.3 Å². The van der Waals surface area contributed by atoms with Crippen molar-refractivity contribution in [3.63, 3.8) is 0 Å². The Morgan fingerprint density at radius 1 is 1.25 bits per heavy atom. The number of guanidine groups is 1. The van der Waals surface area contributed by atoms with Crippen LogP contribution in [0.4, 0.5) is 0 Å². The lowest BCUT2D eigenvalue weighted by Crippen LogP contribution is -2.37. The fourth-order valence-corrected chi connectivity index (χ4v) is 2.68. The molecule has 0 aromatic carbocycles. The minimum Gasteiger partial charge on any atom is -0.356 e. The number of thiophene rings is 1. The molecule has 0 amide bonds. The molecule has 0 bridgehead atoms. The molecule has 0 saturated carbocycles. The second-order valence-electron chi connectivity index (χ2n) is 4.72. The molecule has 1 rings (SSSR count). The van der Waals surface area contributed by atoms with Gasteiger partial charge in [-0.2, -0.15) is 11.3 Å². The van der Waals surface area contributed by atoms with Crippen LogP contribution in [0.25, 0.3) is 0 Å². The smallest absolute Gasteiger partial charge is 0.191 e. The highest BCUT2D eigenvalue weighted by molar-refractivity contribution is 7.07. The molecule has 4 nitrogen and oxygen atoms in total. The Kier molecular flexibility index (Phi) is 9.07. The Bertz CT molecular complexity index is 358. The zero-order valence-electron chi connectivity index (χ0n) is 13.0. The summed E-state index contributed by atoms with van der Waals surface area (Å²) in [6.07, 6.45) is 2.41. The highest BCUT2D eigenvalue weighted by Crippen LogP contribution is 2.04. The summed E-state index contributed by atoms with van der Waals surface area (Å²) >= 11 is 1.73. The Morgan fingerprint density at radius 3 is 2.65 bits per heavy atom. The first kappa shape index (κ1) is 17.0. The van der Waals surface area contributed by atoms with E-state index in [0.717, 1.165) is 32.1 Å². The highest BCUT2D eigenvalue weighted by Gasteiger charge is 2.00. The zero-order valence-corrected chi connectivity index (χ0v) is 13.8.